The minimum atomic E-state index is -0.105. The van der Waals surface area contributed by atoms with Crippen molar-refractivity contribution in [2.45, 2.75) is 45.3 Å². The molecule has 0 saturated carbocycles. The Morgan fingerprint density at radius 3 is 2.85 bits per heavy atom. The van der Waals surface area contributed by atoms with Gasteiger partial charge in [-0.15, -0.1) is 10.2 Å². The van der Waals surface area contributed by atoms with Crippen molar-refractivity contribution in [3.8, 4) is 0 Å². The Balaban J connectivity index is 1.61. The molecule has 27 heavy (non-hydrogen) atoms. The molecule has 2 amide bonds. The van der Waals surface area contributed by atoms with Crippen molar-refractivity contribution in [3.05, 3.63) is 42.2 Å². The van der Waals surface area contributed by atoms with E-state index in [4.69, 9.17) is 0 Å². The van der Waals surface area contributed by atoms with Gasteiger partial charge < -0.3 is 14.8 Å². The molecule has 2 aromatic heterocycles. The maximum atomic E-state index is 12.6. The molecular weight excluding hydrogens is 342 g/mol. The zero-order chi connectivity index (χ0) is 19.1. The third-order valence-electron chi connectivity index (χ3n) is 5.11. The fraction of sp³-hybridized carbons (Fsp3) is 0.579. The van der Waals surface area contributed by atoms with E-state index in [1.54, 1.807) is 24.5 Å². The lowest BCUT2D eigenvalue weighted by Gasteiger charge is -2.35. The van der Waals surface area contributed by atoms with E-state index >= 15 is 0 Å². The number of urea groups is 1. The number of nitrogens with zero attached hydrogens (tertiary/aromatic N) is 6. The molecule has 146 valence electrons. The molecule has 8 nitrogen and oxygen atoms in total. The molecule has 0 aromatic carbocycles. The van der Waals surface area contributed by atoms with E-state index in [0.29, 0.717) is 13.1 Å². The number of carbonyl (C=O) groups is 1. The van der Waals surface area contributed by atoms with Crippen LogP contribution in [0.25, 0.3) is 0 Å². The van der Waals surface area contributed by atoms with Gasteiger partial charge in [0.15, 0.2) is 5.82 Å². The topological polar surface area (TPSA) is 79.2 Å². The quantitative estimate of drug-likeness (QED) is 0.806. The summed E-state index contributed by atoms with van der Waals surface area (Å²) >= 11 is 0. The van der Waals surface area contributed by atoms with Gasteiger partial charge in [-0.05, 0) is 44.5 Å². The first-order valence-corrected chi connectivity index (χ1v) is 9.68. The molecule has 1 atom stereocenters. The van der Waals surface area contributed by atoms with E-state index in [0.717, 1.165) is 31.0 Å². The highest BCUT2D eigenvalue weighted by molar-refractivity contribution is 5.73. The van der Waals surface area contributed by atoms with Crippen molar-refractivity contribution in [3.63, 3.8) is 0 Å². The SMILES string of the molecule is CCn1cnnc1CN(C)C(=O)NC[C@H](c1cccnc1)N1CCCCC1. The van der Waals surface area contributed by atoms with Gasteiger partial charge in [-0.25, -0.2) is 4.79 Å². The Labute approximate surface area is 160 Å². The molecule has 1 fully saturated rings. The van der Waals surface area contributed by atoms with Gasteiger partial charge in [0.05, 0.1) is 12.6 Å². The standard InChI is InChI=1S/C19H29N7O/c1-3-25-15-22-23-18(25)14-24(2)19(27)21-13-17(16-8-7-9-20-12-16)26-10-5-4-6-11-26/h7-9,12,15,17H,3-6,10-11,13-14H2,1-2H3,(H,21,27)/t17-/m1/s1. The summed E-state index contributed by atoms with van der Waals surface area (Å²) < 4.78 is 1.94. The fourth-order valence-corrected chi connectivity index (χ4v) is 3.53. The van der Waals surface area contributed by atoms with Crippen molar-refractivity contribution in [1.29, 1.82) is 0 Å². The molecule has 3 heterocycles. The Morgan fingerprint density at radius 1 is 1.33 bits per heavy atom. The summed E-state index contributed by atoms with van der Waals surface area (Å²) in [5, 5.41) is 11.1. The van der Waals surface area contributed by atoms with Gasteiger partial charge in [-0.1, -0.05) is 12.5 Å². The maximum Gasteiger partial charge on any atom is 0.317 e. The van der Waals surface area contributed by atoms with Crippen LogP contribution in [0.4, 0.5) is 4.79 Å². The summed E-state index contributed by atoms with van der Waals surface area (Å²) in [5.41, 5.74) is 1.15. The minimum Gasteiger partial charge on any atom is -0.336 e. The van der Waals surface area contributed by atoms with Gasteiger partial charge in [-0.2, -0.15) is 0 Å². The van der Waals surface area contributed by atoms with Crippen LogP contribution in [0.3, 0.4) is 0 Å². The zero-order valence-electron chi connectivity index (χ0n) is 16.2. The highest BCUT2D eigenvalue weighted by Gasteiger charge is 2.23. The third kappa shape index (κ3) is 5.03. The molecule has 0 radical (unpaired) electrons. The summed E-state index contributed by atoms with van der Waals surface area (Å²) in [6, 6.07) is 4.09. The minimum absolute atomic E-state index is 0.105. The number of aromatic nitrogens is 4. The van der Waals surface area contributed by atoms with Crippen molar-refractivity contribution < 1.29 is 4.79 Å². The lowest BCUT2D eigenvalue weighted by molar-refractivity contribution is 0.155. The monoisotopic (exact) mass is 371 g/mol. The second-order valence-electron chi connectivity index (χ2n) is 6.97. The number of piperidine rings is 1. The summed E-state index contributed by atoms with van der Waals surface area (Å²) in [6.07, 6.45) is 9.07. The Morgan fingerprint density at radius 2 is 2.15 bits per heavy atom. The van der Waals surface area contributed by atoms with E-state index in [9.17, 15) is 4.79 Å². The Hall–Kier alpha value is -2.48. The van der Waals surface area contributed by atoms with Crippen molar-refractivity contribution in [2.24, 2.45) is 0 Å². The molecule has 0 aliphatic carbocycles. The fourth-order valence-electron chi connectivity index (χ4n) is 3.53. The van der Waals surface area contributed by atoms with Crippen LogP contribution in [0.15, 0.2) is 30.9 Å². The van der Waals surface area contributed by atoms with Gasteiger partial charge in [-0.3, -0.25) is 9.88 Å². The average molecular weight is 371 g/mol. The van der Waals surface area contributed by atoms with Crippen LogP contribution in [-0.4, -0.2) is 62.3 Å². The van der Waals surface area contributed by atoms with Crippen LogP contribution in [0.5, 0.6) is 0 Å². The Bertz CT molecular complexity index is 712. The van der Waals surface area contributed by atoms with E-state index in [1.807, 2.05) is 23.8 Å². The van der Waals surface area contributed by atoms with Crippen molar-refractivity contribution in [1.82, 2.24) is 34.9 Å². The second kappa shape index (κ2) is 9.45. The van der Waals surface area contributed by atoms with Crippen LogP contribution in [0.2, 0.25) is 0 Å². The lowest BCUT2D eigenvalue weighted by atomic mass is 10.0. The molecule has 0 bridgehead atoms. The number of carbonyl (C=O) groups excluding carboxylic acids is 1. The molecule has 1 saturated heterocycles. The predicted molar refractivity (Wildman–Crippen MR) is 103 cm³/mol. The van der Waals surface area contributed by atoms with E-state index in [-0.39, 0.29) is 12.1 Å². The normalized spacial score (nSPS) is 16.1. The van der Waals surface area contributed by atoms with Gasteiger partial charge in [0.2, 0.25) is 0 Å². The highest BCUT2D eigenvalue weighted by atomic mass is 16.2. The van der Waals surface area contributed by atoms with Crippen LogP contribution in [-0.2, 0) is 13.1 Å². The predicted octanol–water partition coefficient (Wildman–Crippen LogP) is 2.06. The molecule has 1 aliphatic rings. The van der Waals surface area contributed by atoms with Crippen molar-refractivity contribution in [2.75, 3.05) is 26.7 Å². The first-order valence-electron chi connectivity index (χ1n) is 9.68. The van der Waals surface area contributed by atoms with Crippen LogP contribution < -0.4 is 5.32 Å². The number of pyridine rings is 1. The van der Waals surface area contributed by atoms with Crippen LogP contribution in [0, 0.1) is 0 Å². The average Bonchev–Trinajstić information content (AvgIpc) is 3.16. The number of likely N-dealkylation sites (tertiary alicyclic amines) is 1. The molecule has 1 aliphatic heterocycles. The molecule has 3 rings (SSSR count). The van der Waals surface area contributed by atoms with Gasteiger partial charge in [0, 0.05) is 32.5 Å². The number of aryl methyl sites for hydroxylation is 1. The molecule has 0 unspecified atom stereocenters. The molecule has 2 aromatic rings. The first-order chi connectivity index (χ1) is 13.2. The van der Waals surface area contributed by atoms with Gasteiger partial charge in [0.25, 0.3) is 0 Å². The van der Waals surface area contributed by atoms with E-state index in [1.165, 1.54) is 19.3 Å². The molecular formula is C19H29N7O. The summed E-state index contributed by atoms with van der Waals surface area (Å²) in [7, 11) is 1.78. The number of hydrogen-bond acceptors (Lipinski definition) is 5. The first kappa shape index (κ1) is 19.3. The number of rotatable bonds is 7. The van der Waals surface area contributed by atoms with E-state index < -0.39 is 0 Å². The van der Waals surface area contributed by atoms with Crippen molar-refractivity contribution >= 4 is 6.03 Å². The molecule has 1 N–H and O–H groups in total. The summed E-state index contributed by atoms with van der Waals surface area (Å²) in [5.74, 6) is 0.787. The van der Waals surface area contributed by atoms with Crippen LogP contribution in [0.1, 0.15) is 43.6 Å². The highest BCUT2D eigenvalue weighted by Crippen LogP contribution is 2.23. The molecule has 8 heteroatoms. The summed E-state index contributed by atoms with van der Waals surface area (Å²) in [4.78, 5) is 21.0. The molecule has 0 spiro atoms. The number of nitrogens with one attached hydrogen (secondary N) is 1. The summed E-state index contributed by atoms with van der Waals surface area (Å²) in [6.45, 7) is 5.94. The van der Waals surface area contributed by atoms with E-state index in [2.05, 4.69) is 31.5 Å². The number of amides is 2. The zero-order valence-corrected chi connectivity index (χ0v) is 16.2. The largest absolute Gasteiger partial charge is 0.336 e. The second-order valence-corrected chi connectivity index (χ2v) is 6.97. The Kier molecular flexibility index (Phi) is 6.75. The van der Waals surface area contributed by atoms with Crippen LogP contribution >= 0.6 is 0 Å². The maximum absolute atomic E-state index is 12.6. The van der Waals surface area contributed by atoms with Gasteiger partial charge in [0.1, 0.15) is 6.33 Å². The lowest BCUT2D eigenvalue weighted by Crippen LogP contribution is -2.44. The third-order valence-corrected chi connectivity index (χ3v) is 5.11. The smallest absolute Gasteiger partial charge is 0.317 e. The van der Waals surface area contributed by atoms with Gasteiger partial charge >= 0.3 is 6.03 Å². The number of hydrogen-bond donors (Lipinski definition) is 1.